The zero-order chi connectivity index (χ0) is 22.7. The van der Waals surface area contributed by atoms with E-state index in [4.69, 9.17) is 0 Å². The van der Waals surface area contributed by atoms with Crippen LogP contribution in [0.3, 0.4) is 0 Å². The maximum Gasteiger partial charge on any atom is 0.270 e. The summed E-state index contributed by atoms with van der Waals surface area (Å²) in [7, 11) is -3.36. The van der Waals surface area contributed by atoms with Crippen molar-refractivity contribution in [2.45, 2.75) is 12.2 Å². The Kier molecular flexibility index (Phi) is 6.38. The van der Waals surface area contributed by atoms with Gasteiger partial charge in [0, 0.05) is 44.7 Å². The van der Waals surface area contributed by atoms with E-state index in [1.165, 1.54) is 23.5 Å². The molecule has 1 fully saturated rings. The van der Waals surface area contributed by atoms with Crippen molar-refractivity contribution in [3.8, 4) is 0 Å². The smallest absolute Gasteiger partial charge is 0.270 e. The van der Waals surface area contributed by atoms with Crippen molar-refractivity contribution in [1.29, 1.82) is 0 Å². The van der Waals surface area contributed by atoms with Crippen LogP contribution >= 0.6 is 11.3 Å². The third-order valence-electron chi connectivity index (χ3n) is 5.33. The van der Waals surface area contributed by atoms with Crippen LogP contribution in [-0.2, 0) is 20.4 Å². The zero-order valence-electron chi connectivity index (χ0n) is 17.2. The average molecular weight is 475 g/mol. The summed E-state index contributed by atoms with van der Waals surface area (Å²) in [6, 6.07) is 13.5. The molecule has 3 aromatic rings. The molecule has 0 aliphatic carbocycles. The van der Waals surface area contributed by atoms with Gasteiger partial charge in [0.2, 0.25) is 5.91 Å². The fourth-order valence-corrected chi connectivity index (χ4v) is 5.98. The summed E-state index contributed by atoms with van der Waals surface area (Å²) in [6.45, 7) is 2.11. The van der Waals surface area contributed by atoms with Crippen LogP contribution in [0.5, 0.6) is 0 Å². The van der Waals surface area contributed by atoms with Crippen LogP contribution in [-0.4, -0.2) is 61.1 Å². The molecule has 1 aliphatic heterocycles. The monoisotopic (exact) mass is 474 g/mol. The third kappa shape index (κ3) is 5.22. The number of nitrogens with zero attached hydrogens (tertiary/aromatic N) is 4. The van der Waals surface area contributed by atoms with Gasteiger partial charge in [0.05, 0.1) is 26.6 Å². The van der Waals surface area contributed by atoms with Crippen LogP contribution in [0, 0.1) is 10.1 Å². The number of aromatic nitrogens is 1. The number of fused-ring (bicyclic) bond motifs is 1. The highest BCUT2D eigenvalue weighted by Gasteiger charge is 2.25. The van der Waals surface area contributed by atoms with Crippen molar-refractivity contribution in [1.82, 2.24) is 9.88 Å². The second-order valence-electron chi connectivity index (χ2n) is 7.60. The summed E-state index contributed by atoms with van der Waals surface area (Å²) >= 11 is 1.39. The van der Waals surface area contributed by atoms with E-state index in [2.05, 4.69) is 4.98 Å². The van der Waals surface area contributed by atoms with Gasteiger partial charge in [-0.05, 0) is 11.6 Å². The Morgan fingerprint density at radius 3 is 2.50 bits per heavy atom. The number of carbonyl (C=O) groups is 1. The Morgan fingerprint density at radius 1 is 1.09 bits per heavy atom. The van der Waals surface area contributed by atoms with E-state index < -0.39 is 14.8 Å². The SMILES string of the molecule is O=C(CCS(=O)(=O)Cc1ccccc1)N1CCN(c2nc3ccc([N+](=O)[O-])cc3s2)CC1. The molecule has 11 heteroatoms. The van der Waals surface area contributed by atoms with Crippen molar-refractivity contribution in [3.63, 3.8) is 0 Å². The summed E-state index contributed by atoms with van der Waals surface area (Å²) in [4.78, 5) is 31.4. The van der Waals surface area contributed by atoms with E-state index in [0.29, 0.717) is 31.7 Å². The highest BCUT2D eigenvalue weighted by atomic mass is 32.2. The fraction of sp³-hybridized carbons (Fsp3) is 0.333. The largest absolute Gasteiger partial charge is 0.345 e. The number of piperazine rings is 1. The van der Waals surface area contributed by atoms with Crippen molar-refractivity contribution < 1.29 is 18.1 Å². The number of benzene rings is 2. The molecule has 0 radical (unpaired) electrons. The minimum absolute atomic E-state index is 0.0278. The van der Waals surface area contributed by atoms with E-state index in [-0.39, 0.29) is 29.5 Å². The number of rotatable bonds is 7. The van der Waals surface area contributed by atoms with Crippen LogP contribution in [0.25, 0.3) is 10.2 Å². The van der Waals surface area contributed by atoms with Gasteiger partial charge in [0.1, 0.15) is 0 Å². The molecule has 0 N–H and O–H groups in total. The first-order valence-electron chi connectivity index (χ1n) is 10.1. The number of thiazole rings is 1. The number of nitro groups is 1. The summed E-state index contributed by atoms with van der Waals surface area (Å²) in [6.07, 6.45) is -0.0278. The van der Waals surface area contributed by atoms with E-state index in [0.717, 1.165) is 15.4 Å². The van der Waals surface area contributed by atoms with Gasteiger partial charge in [-0.2, -0.15) is 0 Å². The van der Waals surface area contributed by atoms with Gasteiger partial charge in [-0.25, -0.2) is 13.4 Å². The quantitative estimate of drug-likeness (QED) is 0.382. The van der Waals surface area contributed by atoms with Gasteiger partial charge in [0.25, 0.3) is 5.69 Å². The van der Waals surface area contributed by atoms with Crippen LogP contribution in [0.2, 0.25) is 0 Å². The lowest BCUT2D eigenvalue weighted by Crippen LogP contribution is -2.49. The standard InChI is InChI=1S/C21H22N4O5S2/c26-20(8-13-32(29,30)15-16-4-2-1-3-5-16)23-9-11-24(12-10-23)21-22-18-7-6-17(25(27)28)14-19(18)31-21/h1-7,14H,8-13,15H2. The zero-order valence-corrected chi connectivity index (χ0v) is 18.8. The summed E-state index contributed by atoms with van der Waals surface area (Å²) in [5.41, 5.74) is 1.46. The Bertz CT molecular complexity index is 1240. The molecule has 4 rings (SSSR count). The Labute approximate surface area is 189 Å². The molecule has 0 atom stereocenters. The van der Waals surface area contributed by atoms with Gasteiger partial charge < -0.3 is 9.80 Å². The van der Waals surface area contributed by atoms with Crippen molar-refractivity contribution in [2.75, 3.05) is 36.8 Å². The topological polar surface area (TPSA) is 114 Å². The molecule has 1 amide bonds. The first kappa shape index (κ1) is 22.2. The first-order valence-corrected chi connectivity index (χ1v) is 12.8. The summed E-state index contributed by atoms with van der Waals surface area (Å²) < 4.78 is 25.4. The minimum atomic E-state index is -3.36. The maximum absolute atomic E-state index is 12.5. The predicted octanol–water partition coefficient (Wildman–Crippen LogP) is 2.86. The van der Waals surface area contributed by atoms with Gasteiger partial charge in [-0.3, -0.25) is 14.9 Å². The number of sulfone groups is 1. The number of anilines is 1. The number of nitro benzene ring substituents is 1. The molecule has 168 valence electrons. The maximum atomic E-state index is 12.5. The molecular weight excluding hydrogens is 452 g/mol. The van der Waals surface area contributed by atoms with E-state index in [9.17, 15) is 23.3 Å². The van der Waals surface area contributed by atoms with Gasteiger partial charge in [-0.1, -0.05) is 41.7 Å². The number of hydrogen-bond acceptors (Lipinski definition) is 8. The van der Waals surface area contributed by atoms with Crippen LogP contribution in [0.4, 0.5) is 10.8 Å². The highest BCUT2D eigenvalue weighted by Crippen LogP contribution is 2.31. The number of hydrogen-bond donors (Lipinski definition) is 0. The minimum Gasteiger partial charge on any atom is -0.345 e. The molecule has 0 saturated carbocycles. The molecule has 9 nitrogen and oxygen atoms in total. The van der Waals surface area contributed by atoms with Crippen LogP contribution in [0.15, 0.2) is 48.5 Å². The van der Waals surface area contributed by atoms with Crippen molar-refractivity contribution in [2.24, 2.45) is 0 Å². The Hall–Kier alpha value is -3.05. The molecule has 1 aliphatic rings. The Balaban J connectivity index is 1.31. The first-order chi connectivity index (χ1) is 15.3. The fourth-order valence-electron chi connectivity index (χ4n) is 3.60. The second-order valence-corrected chi connectivity index (χ2v) is 10.8. The van der Waals surface area contributed by atoms with E-state index in [1.54, 1.807) is 35.2 Å². The molecule has 1 aromatic heterocycles. The molecule has 0 spiro atoms. The molecule has 32 heavy (non-hydrogen) atoms. The van der Waals surface area contributed by atoms with Crippen LogP contribution in [0.1, 0.15) is 12.0 Å². The van der Waals surface area contributed by atoms with Gasteiger partial charge >= 0.3 is 0 Å². The summed E-state index contributed by atoms with van der Waals surface area (Å²) in [5.74, 6) is -0.399. The van der Waals surface area contributed by atoms with Gasteiger partial charge in [0.15, 0.2) is 15.0 Å². The molecule has 0 unspecified atom stereocenters. The predicted molar refractivity (Wildman–Crippen MR) is 124 cm³/mol. The van der Waals surface area contributed by atoms with Crippen LogP contribution < -0.4 is 4.90 Å². The highest BCUT2D eigenvalue weighted by molar-refractivity contribution is 7.90. The van der Waals surface area contributed by atoms with E-state index >= 15 is 0 Å². The lowest BCUT2D eigenvalue weighted by atomic mass is 10.2. The van der Waals surface area contributed by atoms with Crippen molar-refractivity contribution >= 4 is 48.1 Å². The Morgan fingerprint density at radius 2 is 1.81 bits per heavy atom. The van der Waals surface area contributed by atoms with E-state index in [1.807, 2.05) is 11.0 Å². The molecule has 1 saturated heterocycles. The van der Waals surface area contributed by atoms with Crippen molar-refractivity contribution in [3.05, 3.63) is 64.2 Å². The molecule has 2 heterocycles. The second kappa shape index (κ2) is 9.21. The molecule has 2 aromatic carbocycles. The lowest BCUT2D eigenvalue weighted by Gasteiger charge is -2.34. The number of amides is 1. The normalized spacial score (nSPS) is 14.6. The number of carbonyl (C=O) groups excluding carboxylic acids is 1. The summed E-state index contributed by atoms with van der Waals surface area (Å²) in [5, 5.41) is 11.7. The molecule has 0 bridgehead atoms. The molecular formula is C21H22N4O5S2. The lowest BCUT2D eigenvalue weighted by molar-refractivity contribution is -0.384. The number of non-ortho nitro benzene ring substituents is 1. The average Bonchev–Trinajstić information content (AvgIpc) is 3.21. The third-order valence-corrected chi connectivity index (χ3v) is 8.01. The van der Waals surface area contributed by atoms with Gasteiger partial charge in [-0.15, -0.1) is 0 Å².